The number of benzene rings is 1. The lowest BCUT2D eigenvalue weighted by molar-refractivity contribution is -0.128. The second kappa shape index (κ2) is 8.29. The maximum Gasteiger partial charge on any atom is 0.251 e. The Hall–Kier alpha value is -1.88. The summed E-state index contributed by atoms with van der Waals surface area (Å²) >= 11 is 0. The van der Waals surface area contributed by atoms with Crippen LogP contribution in [0.3, 0.4) is 0 Å². The molecule has 1 aromatic rings. The summed E-state index contributed by atoms with van der Waals surface area (Å²) in [6, 6.07) is 7.44. The number of carbonyl (C=O) groups excluding carboxylic acids is 2. The molecule has 5 heteroatoms. The monoisotopic (exact) mass is 332 g/mol. The first-order valence-corrected chi connectivity index (χ1v) is 8.67. The molecule has 2 N–H and O–H groups in total. The number of hydrogen-bond acceptors (Lipinski definition) is 3. The number of aliphatic hydroxyl groups excluding tert-OH is 1. The predicted molar refractivity (Wildman–Crippen MR) is 93.5 cm³/mol. The molecule has 0 unspecified atom stereocenters. The van der Waals surface area contributed by atoms with E-state index in [4.69, 9.17) is 0 Å². The third-order valence-corrected chi connectivity index (χ3v) is 4.50. The number of hydrogen-bond donors (Lipinski definition) is 2. The first-order chi connectivity index (χ1) is 11.4. The van der Waals surface area contributed by atoms with Gasteiger partial charge in [0.05, 0.1) is 0 Å². The van der Waals surface area contributed by atoms with Crippen molar-refractivity contribution < 1.29 is 14.7 Å². The van der Waals surface area contributed by atoms with Crippen molar-refractivity contribution in [2.45, 2.75) is 46.1 Å². The van der Waals surface area contributed by atoms with E-state index in [1.165, 1.54) is 0 Å². The maximum atomic E-state index is 12.1. The molecule has 2 amide bonds. The fourth-order valence-corrected chi connectivity index (χ4v) is 2.80. The number of likely N-dealkylation sites (tertiary alicyclic amines) is 1. The van der Waals surface area contributed by atoms with Crippen LogP contribution < -0.4 is 5.32 Å². The van der Waals surface area contributed by atoms with Crippen molar-refractivity contribution in [3.05, 3.63) is 35.4 Å². The predicted octanol–water partition coefficient (Wildman–Crippen LogP) is 2.34. The van der Waals surface area contributed by atoms with E-state index in [-0.39, 0.29) is 23.8 Å². The molecule has 132 valence electrons. The Kier molecular flexibility index (Phi) is 6.37. The van der Waals surface area contributed by atoms with Crippen LogP contribution in [0.4, 0.5) is 0 Å². The van der Waals surface area contributed by atoms with Gasteiger partial charge in [-0.2, -0.15) is 0 Å². The van der Waals surface area contributed by atoms with E-state index in [1.54, 1.807) is 0 Å². The molecule has 5 nitrogen and oxygen atoms in total. The van der Waals surface area contributed by atoms with Gasteiger partial charge in [0.1, 0.15) is 0 Å². The Morgan fingerprint density at radius 3 is 2.58 bits per heavy atom. The van der Waals surface area contributed by atoms with Crippen molar-refractivity contribution in [2.75, 3.05) is 19.7 Å². The van der Waals surface area contributed by atoms with E-state index >= 15 is 0 Å². The highest BCUT2D eigenvalue weighted by molar-refractivity contribution is 5.94. The van der Waals surface area contributed by atoms with Crippen LogP contribution in [-0.4, -0.2) is 41.5 Å². The van der Waals surface area contributed by atoms with Crippen molar-refractivity contribution >= 4 is 11.8 Å². The Bertz CT molecular complexity index is 566. The van der Waals surface area contributed by atoms with Gasteiger partial charge < -0.3 is 15.3 Å². The summed E-state index contributed by atoms with van der Waals surface area (Å²) in [4.78, 5) is 25.6. The average molecular weight is 332 g/mol. The Balaban J connectivity index is 1.77. The summed E-state index contributed by atoms with van der Waals surface area (Å²) in [6.07, 6.45) is 3.29. The highest BCUT2D eigenvalue weighted by atomic mass is 16.3. The lowest BCUT2D eigenvalue weighted by atomic mass is 9.89. The van der Waals surface area contributed by atoms with Gasteiger partial charge in [-0.15, -0.1) is 0 Å². The fourth-order valence-electron chi connectivity index (χ4n) is 2.80. The smallest absolute Gasteiger partial charge is 0.251 e. The minimum atomic E-state index is -0.0978. The molecule has 0 saturated carbocycles. The minimum Gasteiger partial charge on any atom is -0.396 e. The third-order valence-electron chi connectivity index (χ3n) is 4.50. The zero-order valence-electron chi connectivity index (χ0n) is 14.7. The Morgan fingerprint density at radius 2 is 2.00 bits per heavy atom. The molecule has 1 fully saturated rings. The van der Waals surface area contributed by atoms with E-state index in [9.17, 15) is 14.7 Å². The molecule has 1 aliphatic heterocycles. The molecule has 1 saturated heterocycles. The van der Waals surface area contributed by atoms with Gasteiger partial charge in [0, 0.05) is 38.2 Å². The van der Waals surface area contributed by atoms with E-state index in [2.05, 4.69) is 5.32 Å². The van der Waals surface area contributed by atoms with Crippen LogP contribution in [-0.2, 0) is 11.3 Å². The van der Waals surface area contributed by atoms with Crippen molar-refractivity contribution in [1.29, 1.82) is 0 Å². The van der Waals surface area contributed by atoms with E-state index in [0.29, 0.717) is 25.1 Å². The van der Waals surface area contributed by atoms with Gasteiger partial charge >= 0.3 is 0 Å². The first kappa shape index (κ1) is 18.5. The Morgan fingerprint density at radius 1 is 1.29 bits per heavy atom. The first-order valence-electron chi connectivity index (χ1n) is 8.67. The van der Waals surface area contributed by atoms with Gasteiger partial charge in [-0.1, -0.05) is 26.0 Å². The topological polar surface area (TPSA) is 69.6 Å². The molecule has 0 radical (unpaired) electrons. The SMILES string of the molecule is CC(C)(CO)CCCNC(=O)c1ccc(CN2CCCC2=O)cc1. The Labute approximate surface area is 144 Å². The summed E-state index contributed by atoms with van der Waals surface area (Å²) in [5.74, 6) is 0.128. The zero-order chi connectivity index (χ0) is 17.6. The minimum absolute atomic E-state index is 0.0828. The summed E-state index contributed by atoms with van der Waals surface area (Å²) < 4.78 is 0. The van der Waals surface area contributed by atoms with Crippen molar-refractivity contribution in [1.82, 2.24) is 10.2 Å². The zero-order valence-corrected chi connectivity index (χ0v) is 14.7. The van der Waals surface area contributed by atoms with Crippen molar-refractivity contribution in [2.24, 2.45) is 5.41 Å². The van der Waals surface area contributed by atoms with Gasteiger partial charge in [-0.05, 0) is 42.4 Å². The average Bonchev–Trinajstić information content (AvgIpc) is 2.97. The molecule has 0 spiro atoms. The number of carbonyl (C=O) groups is 2. The number of aliphatic hydroxyl groups is 1. The lowest BCUT2D eigenvalue weighted by Gasteiger charge is -2.21. The van der Waals surface area contributed by atoms with Gasteiger partial charge in [-0.25, -0.2) is 0 Å². The van der Waals surface area contributed by atoms with Crippen molar-refractivity contribution in [3.8, 4) is 0 Å². The molecule has 24 heavy (non-hydrogen) atoms. The highest BCUT2D eigenvalue weighted by Crippen LogP contribution is 2.20. The van der Waals surface area contributed by atoms with Crippen LogP contribution in [0.5, 0.6) is 0 Å². The van der Waals surface area contributed by atoms with Gasteiger partial charge in [-0.3, -0.25) is 9.59 Å². The maximum absolute atomic E-state index is 12.1. The summed E-state index contributed by atoms with van der Waals surface area (Å²) in [7, 11) is 0. The molecule has 2 rings (SSSR count). The number of nitrogens with zero attached hydrogens (tertiary/aromatic N) is 1. The summed E-state index contributed by atoms with van der Waals surface area (Å²) in [5, 5.41) is 12.1. The third kappa shape index (κ3) is 5.34. The van der Waals surface area contributed by atoms with E-state index in [1.807, 2.05) is 43.0 Å². The highest BCUT2D eigenvalue weighted by Gasteiger charge is 2.20. The van der Waals surface area contributed by atoms with Crippen LogP contribution in [0.2, 0.25) is 0 Å². The number of amides is 2. The molecule has 1 aliphatic rings. The van der Waals surface area contributed by atoms with Gasteiger partial charge in [0.2, 0.25) is 5.91 Å². The quantitative estimate of drug-likeness (QED) is 0.718. The van der Waals surface area contributed by atoms with Gasteiger partial charge in [0.25, 0.3) is 5.91 Å². The van der Waals surface area contributed by atoms with Crippen LogP contribution in [0.1, 0.15) is 55.5 Å². The number of nitrogens with one attached hydrogen (secondary N) is 1. The summed E-state index contributed by atoms with van der Waals surface area (Å²) in [5.41, 5.74) is 1.58. The number of rotatable bonds is 8. The normalized spacial score (nSPS) is 15.0. The van der Waals surface area contributed by atoms with Crippen LogP contribution in [0, 0.1) is 5.41 Å². The van der Waals surface area contributed by atoms with E-state index < -0.39 is 0 Å². The second-order valence-electron chi connectivity index (χ2n) is 7.30. The molecule has 0 aliphatic carbocycles. The largest absolute Gasteiger partial charge is 0.396 e. The van der Waals surface area contributed by atoms with Crippen LogP contribution in [0.25, 0.3) is 0 Å². The molecule has 0 aromatic heterocycles. The standard InChI is InChI=1S/C19H28N2O3/c1-19(2,14-22)10-4-11-20-18(24)16-8-6-15(7-9-16)13-21-12-3-5-17(21)23/h6-9,22H,3-5,10-14H2,1-2H3,(H,20,24). The second-order valence-corrected chi connectivity index (χ2v) is 7.30. The van der Waals surface area contributed by atoms with Crippen LogP contribution >= 0.6 is 0 Å². The molecule has 0 atom stereocenters. The molecule has 0 bridgehead atoms. The van der Waals surface area contributed by atoms with Crippen molar-refractivity contribution in [3.63, 3.8) is 0 Å². The molecular formula is C19H28N2O3. The van der Waals surface area contributed by atoms with Crippen LogP contribution in [0.15, 0.2) is 24.3 Å². The fraction of sp³-hybridized carbons (Fsp3) is 0.579. The lowest BCUT2D eigenvalue weighted by Crippen LogP contribution is -2.26. The van der Waals surface area contributed by atoms with Gasteiger partial charge in [0.15, 0.2) is 0 Å². The summed E-state index contributed by atoms with van der Waals surface area (Å²) in [6.45, 7) is 6.23. The molecular weight excluding hydrogens is 304 g/mol. The molecule has 1 aromatic carbocycles. The molecule has 1 heterocycles. The van der Waals surface area contributed by atoms with E-state index in [0.717, 1.165) is 31.4 Å².